The summed E-state index contributed by atoms with van der Waals surface area (Å²) in [7, 11) is 0. The quantitative estimate of drug-likeness (QED) is 0.343. The molecule has 0 amide bonds. The van der Waals surface area contributed by atoms with Crippen LogP contribution in [0.15, 0.2) is 0 Å². The van der Waals surface area contributed by atoms with Crippen LogP contribution in [0.2, 0.25) is 0 Å². The molecule has 0 aliphatic carbocycles. The van der Waals surface area contributed by atoms with Gasteiger partial charge in [0.25, 0.3) is 0 Å². The van der Waals surface area contributed by atoms with Gasteiger partial charge in [-0.1, -0.05) is 13.8 Å². The SMILES string of the molecule is CC(C)C(CC=O)C[N+](=O)[O-]. The van der Waals surface area contributed by atoms with Crippen molar-refractivity contribution in [3.63, 3.8) is 0 Å². The van der Waals surface area contributed by atoms with E-state index in [2.05, 4.69) is 0 Å². The first-order chi connectivity index (χ1) is 5.07. The highest BCUT2D eigenvalue weighted by Crippen LogP contribution is 2.13. The molecule has 4 heteroatoms. The molecule has 0 aliphatic rings. The first-order valence-corrected chi connectivity index (χ1v) is 3.63. The lowest BCUT2D eigenvalue weighted by molar-refractivity contribution is -0.489. The summed E-state index contributed by atoms with van der Waals surface area (Å²) in [5.74, 6) is 0.0908. The van der Waals surface area contributed by atoms with Crippen LogP contribution in [0.1, 0.15) is 20.3 Å². The van der Waals surface area contributed by atoms with Gasteiger partial charge in [0.05, 0.1) is 0 Å². The molecule has 64 valence electrons. The minimum atomic E-state index is -0.367. The van der Waals surface area contributed by atoms with E-state index >= 15 is 0 Å². The Labute approximate surface area is 65.7 Å². The molecule has 11 heavy (non-hydrogen) atoms. The summed E-state index contributed by atoms with van der Waals surface area (Å²) in [6, 6.07) is 0. The van der Waals surface area contributed by atoms with E-state index in [1.54, 1.807) is 0 Å². The lowest BCUT2D eigenvalue weighted by atomic mass is 9.93. The molecule has 1 unspecified atom stereocenters. The fraction of sp³-hybridized carbons (Fsp3) is 0.857. The Balaban J connectivity index is 3.88. The minimum absolute atomic E-state index is 0.101. The molecule has 0 aromatic rings. The van der Waals surface area contributed by atoms with Gasteiger partial charge in [-0.2, -0.15) is 0 Å². The van der Waals surface area contributed by atoms with Crippen molar-refractivity contribution in [1.82, 2.24) is 0 Å². The highest BCUT2D eigenvalue weighted by Gasteiger charge is 2.18. The molecular weight excluding hydrogens is 146 g/mol. The summed E-state index contributed by atoms with van der Waals surface area (Å²) in [6.07, 6.45) is 1.03. The number of hydrogen-bond donors (Lipinski definition) is 0. The predicted molar refractivity (Wildman–Crippen MR) is 40.9 cm³/mol. The van der Waals surface area contributed by atoms with Crippen LogP contribution in [-0.2, 0) is 4.79 Å². The van der Waals surface area contributed by atoms with E-state index in [1.165, 1.54) is 0 Å². The van der Waals surface area contributed by atoms with Crippen LogP contribution in [0.3, 0.4) is 0 Å². The van der Waals surface area contributed by atoms with E-state index in [1.807, 2.05) is 13.8 Å². The van der Waals surface area contributed by atoms with Crippen molar-refractivity contribution < 1.29 is 9.72 Å². The molecule has 0 saturated heterocycles. The Morgan fingerprint density at radius 3 is 2.36 bits per heavy atom. The fourth-order valence-corrected chi connectivity index (χ4v) is 0.873. The van der Waals surface area contributed by atoms with Crippen molar-refractivity contribution in [3.8, 4) is 0 Å². The summed E-state index contributed by atoms with van der Waals surface area (Å²) in [4.78, 5) is 19.8. The van der Waals surface area contributed by atoms with Crippen LogP contribution < -0.4 is 0 Å². The third-order valence-corrected chi connectivity index (χ3v) is 1.73. The first kappa shape index (κ1) is 10.1. The van der Waals surface area contributed by atoms with Crippen LogP contribution in [0.4, 0.5) is 0 Å². The number of aldehydes is 1. The zero-order valence-corrected chi connectivity index (χ0v) is 6.82. The molecule has 4 nitrogen and oxygen atoms in total. The van der Waals surface area contributed by atoms with Crippen molar-refractivity contribution in [3.05, 3.63) is 10.1 Å². The average Bonchev–Trinajstić information content (AvgIpc) is 1.86. The Morgan fingerprint density at radius 2 is 2.09 bits per heavy atom. The van der Waals surface area contributed by atoms with Crippen LogP contribution in [0.5, 0.6) is 0 Å². The van der Waals surface area contributed by atoms with Gasteiger partial charge in [0, 0.05) is 17.3 Å². The van der Waals surface area contributed by atoms with Gasteiger partial charge in [-0.25, -0.2) is 0 Å². The van der Waals surface area contributed by atoms with E-state index in [0.717, 1.165) is 6.29 Å². The summed E-state index contributed by atoms with van der Waals surface area (Å²) in [6.45, 7) is 3.67. The van der Waals surface area contributed by atoms with Gasteiger partial charge in [0.1, 0.15) is 6.29 Å². The number of nitro groups is 1. The highest BCUT2D eigenvalue weighted by molar-refractivity contribution is 5.49. The molecule has 0 aliphatic heterocycles. The monoisotopic (exact) mass is 159 g/mol. The Kier molecular flexibility index (Phi) is 4.41. The van der Waals surface area contributed by atoms with Crippen LogP contribution in [0, 0.1) is 22.0 Å². The number of rotatable bonds is 5. The molecule has 0 N–H and O–H groups in total. The first-order valence-electron chi connectivity index (χ1n) is 3.63. The van der Waals surface area contributed by atoms with Gasteiger partial charge in [-0.05, 0) is 5.92 Å². The average molecular weight is 159 g/mol. The molecule has 0 fully saturated rings. The second-order valence-electron chi connectivity index (χ2n) is 2.92. The second-order valence-corrected chi connectivity index (χ2v) is 2.92. The standard InChI is InChI=1S/C7H13NO3/c1-6(2)7(3-4-9)5-8(10)11/h4,6-7H,3,5H2,1-2H3. The maximum atomic E-state index is 10.1. The van der Waals surface area contributed by atoms with Gasteiger partial charge in [-0.15, -0.1) is 0 Å². The van der Waals surface area contributed by atoms with E-state index in [-0.39, 0.29) is 23.3 Å². The van der Waals surface area contributed by atoms with Gasteiger partial charge >= 0.3 is 0 Å². The van der Waals surface area contributed by atoms with Crippen LogP contribution in [-0.4, -0.2) is 17.8 Å². The molecular formula is C7H13NO3. The Bertz CT molecular complexity index is 145. The fourth-order valence-electron chi connectivity index (χ4n) is 0.873. The summed E-state index contributed by atoms with van der Waals surface area (Å²) in [5, 5.41) is 10.1. The van der Waals surface area contributed by atoms with Gasteiger partial charge in [-0.3, -0.25) is 10.1 Å². The van der Waals surface area contributed by atoms with Crippen molar-refractivity contribution in [2.45, 2.75) is 20.3 Å². The third kappa shape index (κ3) is 4.47. The Hall–Kier alpha value is -0.930. The van der Waals surface area contributed by atoms with Crippen molar-refractivity contribution in [2.75, 3.05) is 6.54 Å². The maximum absolute atomic E-state index is 10.1. The second kappa shape index (κ2) is 4.82. The molecule has 0 aromatic heterocycles. The smallest absolute Gasteiger partial charge is 0.207 e. The van der Waals surface area contributed by atoms with E-state index in [9.17, 15) is 14.9 Å². The molecule has 1 atom stereocenters. The number of carbonyl (C=O) groups excluding carboxylic acids is 1. The van der Waals surface area contributed by atoms with Gasteiger partial charge in [0.15, 0.2) is 0 Å². The zero-order valence-electron chi connectivity index (χ0n) is 6.82. The molecule has 0 saturated carbocycles. The molecule has 0 rings (SSSR count). The maximum Gasteiger partial charge on any atom is 0.207 e. The highest BCUT2D eigenvalue weighted by atomic mass is 16.6. The van der Waals surface area contributed by atoms with Crippen molar-refractivity contribution in [1.29, 1.82) is 0 Å². The predicted octanol–water partition coefficient (Wildman–Crippen LogP) is 1.12. The third-order valence-electron chi connectivity index (χ3n) is 1.73. The topological polar surface area (TPSA) is 60.2 Å². The molecule has 0 spiro atoms. The summed E-state index contributed by atoms with van der Waals surface area (Å²) in [5.41, 5.74) is 0. The molecule has 0 heterocycles. The lowest BCUT2D eigenvalue weighted by Gasteiger charge is -2.12. The van der Waals surface area contributed by atoms with Crippen molar-refractivity contribution >= 4 is 6.29 Å². The minimum Gasteiger partial charge on any atom is -0.303 e. The summed E-state index contributed by atoms with van der Waals surface area (Å²) < 4.78 is 0. The normalized spacial score (nSPS) is 13.0. The molecule has 0 bridgehead atoms. The number of nitrogens with zero attached hydrogens (tertiary/aromatic N) is 1. The van der Waals surface area contributed by atoms with E-state index < -0.39 is 0 Å². The summed E-state index contributed by atoms with van der Waals surface area (Å²) >= 11 is 0. The lowest BCUT2D eigenvalue weighted by Crippen LogP contribution is -2.19. The number of carbonyl (C=O) groups is 1. The Morgan fingerprint density at radius 1 is 1.55 bits per heavy atom. The van der Waals surface area contributed by atoms with Gasteiger partial charge in [0.2, 0.25) is 6.54 Å². The molecule has 0 aromatic carbocycles. The van der Waals surface area contributed by atoms with Crippen LogP contribution >= 0.6 is 0 Å². The zero-order chi connectivity index (χ0) is 8.85. The van der Waals surface area contributed by atoms with E-state index in [0.29, 0.717) is 6.42 Å². The van der Waals surface area contributed by atoms with Crippen molar-refractivity contribution in [2.24, 2.45) is 11.8 Å². The van der Waals surface area contributed by atoms with E-state index in [4.69, 9.17) is 0 Å². The number of hydrogen-bond acceptors (Lipinski definition) is 3. The van der Waals surface area contributed by atoms with Gasteiger partial charge < -0.3 is 4.79 Å². The van der Waals surface area contributed by atoms with Crippen LogP contribution in [0.25, 0.3) is 0 Å². The largest absolute Gasteiger partial charge is 0.303 e. The molecule has 0 radical (unpaired) electrons.